The average Bonchev–Trinajstić information content (AvgIpc) is 2.63. The topological polar surface area (TPSA) is 82.8 Å². The van der Waals surface area contributed by atoms with Gasteiger partial charge >= 0.3 is 0 Å². The summed E-state index contributed by atoms with van der Waals surface area (Å²) in [6, 6.07) is 3.72. The van der Waals surface area contributed by atoms with Crippen LogP contribution < -0.4 is 25.3 Å². The molecule has 0 atom stereocenters. The lowest BCUT2D eigenvalue weighted by molar-refractivity contribution is -0.121. The summed E-state index contributed by atoms with van der Waals surface area (Å²) < 4.78 is 15.9. The number of ether oxygens (including phenoxy) is 3. The number of hydrogen-bond acceptors (Lipinski definition) is 5. The zero-order chi connectivity index (χ0) is 18.2. The molecule has 3 N–H and O–H groups in total. The first-order chi connectivity index (χ1) is 11.4. The highest BCUT2D eigenvalue weighted by Crippen LogP contribution is 2.38. The minimum Gasteiger partial charge on any atom is -0.493 e. The number of nitrogens with one attached hydrogen (secondary N) is 1. The van der Waals surface area contributed by atoms with E-state index in [9.17, 15) is 4.79 Å². The van der Waals surface area contributed by atoms with Gasteiger partial charge in [-0.05, 0) is 37.0 Å². The maximum atomic E-state index is 12.1. The third-order valence-electron chi connectivity index (χ3n) is 4.41. The van der Waals surface area contributed by atoms with E-state index >= 15 is 0 Å². The largest absolute Gasteiger partial charge is 0.493 e. The van der Waals surface area contributed by atoms with Crippen molar-refractivity contribution in [1.29, 1.82) is 0 Å². The van der Waals surface area contributed by atoms with Gasteiger partial charge < -0.3 is 25.3 Å². The molecule has 1 rings (SSSR count). The molecule has 0 heterocycles. The highest BCUT2D eigenvalue weighted by atomic mass is 35.5. The van der Waals surface area contributed by atoms with Crippen LogP contribution in [0.5, 0.6) is 17.2 Å². The number of carbonyl (C=O) groups excluding carboxylic acids is 1. The first-order valence-electron chi connectivity index (χ1n) is 8.27. The van der Waals surface area contributed by atoms with Crippen molar-refractivity contribution in [3.8, 4) is 17.2 Å². The standard InChI is InChI=1S/C18H30N2O4.ClH/c1-6-18(19,7-2)12-20-16(21)9-8-13-10-14(22-3)17(24-5)15(11-13)23-4;/h10-11H,6-9,12,19H2,1-5H3,(H,20,21);1H. The highest BCUT2D eigenvalue weighted by molar-refractivity contribution is 5.85. The van der Waals surface area contributed by atoms with Crippen LogP contribution in [0.15, 0.2) is 12.1 Å². The van der Waals surface area contributed by atoms with Crippen molar-refractivity contribution in [2.24, 2.45) is 5.73 Å². The molecule has 0 radical (unpaired) electrons. The van der Waals surface area contributed by atoms with Crippen LogP contribution >= 0.6 is 12.4 Å². The molecule has 1 aromatic carbocycles. The smallest absolute Gasteiger partial charge is 0.220 e. The molecule has 0 fully saturated rings. The van der Waals surface area contributed by atoms with Gasteiger partial charge in [-0.25, -0.2) is 0 Å². The second-order valence-corrected chi connectivity index (χ2v) is 5.88. The molecule has 1 aromatic rings. The van der Waals surface area contributed by atoms with Crippen LogP contribution in [0.3, 0.4) is 0 Å². The van der Waals surface area contributed by atoms with Gasteiger partial charge in [0, 0.05) is 18.5 Å². The molecule has 0 unspecified atom stereocenters. The molecule has 0 aliphatic carbocycles. The molecular formula is C18H31ClN2O4. The zero-order valence-corrected chi connectivity index (χ0v) is 16.6. The van der Waals surface area contributed by atoms with Crippen molar-refractivity contribution < 1.29 is 19.0 Å². The minimum atomic E-state index is -0.331. The predicted molar refractivity (Wildman–Crippen MR) is 102 cm³/mol. The van der Waals surface area contributed by atoms with Crippen molar-refractivity contribution in [2.45, 2.75) is 45.1 Å². The van der Waals surface area contributed by atoms with E-state index in [2.05, 4.69) is 5.32 Å². The summed E-state index contributed by atoms with van der Waals surface area (Å²) in [6.45, 7) is 4.56. The lowest BCUT2D eigenvalue weighted by atomic mass is 9.94. The predicted octanol–water partition coefficient (Wildman–Crippen LogP) is 2.70. The summed E-state index contributed by atoms with van der Waals surface area (Å²) >= 11 is 0. The Kier molecular flexibility index (Phi) is 10.3. The first kappa shape index (κ1) is 23.3. The lowest BCUT2D eigenvalue weighted by Gasteiger charge is -2.26. The second kappa shape index (κ2) is 11.1. The molecule has 0 aliphatic rings. The van der Waals surface area contributed by atoms with E-state index in [-0.39, 0.29) is 23.9 Å². The third-order valence-corrected chi connectivity index (χ3v) is 4.41. The van der Waals surface area contributed by atoms with Gasteiger partial charge in [0.25, 0.3) is 0 Å². The third kappa shape index (κ3) is 6.63. The van der Waals surface area contributed by atoms with Gasteiger partial charge in [-0.3, -0.25) is 4.79 Å². The van der Waals surface area contributed by atoms with Crippen LogP contribution in [-0.2, 0) is 11.2 Å². The van der Waals surface area contributed by atoms with E-state index in [1.807, 2.05) is 26.0 Å². The van der Waals surface area contributed by atoms with Crippen LogP contribution in [-0.4, -0.2) is 39.3 Å². The summed E-state index contributed by atoms with van der Waals surface area (Å²) in [4.78, 5) is 12.1. The highest BCUT2D eigenvalue weighted by Gasteiger charge is 2.21. The Morgan fingerprint density at radius 2 is 1.60 bits per heavy atom. The van der Waals surface area contributed by atoms with Crippen molar-refractivity contribution in [1.82, 2.24) is 5.32 Å². The Balaban J connectivity index is 0.00000576. The Labute approximate surface area is 156 Å². The van der Waals surface area contributed by atoms with Crippen LogP contribution in [0.25, 0.3) is 0 Å². The van der Waals surface area contributed by atoms with Crippen LogP contribution in [0, 0.1) is 0 Å². The molecule has 6 nitrogen and oxygen atoms in total. The Hall–Kier alpha value is -1.66. The number of rotatable bonds is 10. The summed E-state index contributed by atoms with van der Waals surface area (Å²) in [5, 5.41) is 2.92. The van der Waals surface area contributed by atoms with Gasteiger partial charge in [0.15, 0.2) is 11.5 Å². The van der Waals surface area contributed by atoms with Gasteiger partial charge in [-0.2, -0.15) is 0 Å². The van der Waals surface area contributed by atoms with Gasteiger partial charge in [0.1, 0.15) is 0 Å². The van der Waals surface area contributed by atoms with Crippen molar-refractivity contribution in [3.63, 3.8) is 0 Å². The van der Waals surface area contributed by atoms with Gasteiger partial charge in [0.05, 0.1) is 21.3 Å². The number of hydrogen-bond donors (Lipinski definition) is 2. The molecule has 0 saturated carbocycles. The maximum Gasteiger partial charge on any atom is 0.220 e. The molecule has 0 aromatic heterocycles. The fourth-order valence-electron chi connectivity index (χ4n) is 2.40. The second-order valence-electron chi connectivity index (χ2n) is 5.88. The Morgan fingerprint density at radius 3 is 2.00 bits per heavy atom. The SMILES string of the molecule is CCC(N)(CC)CNC(=O)CCc1cc(OC)c(OC)c(OC)c1.Cl. The van der Waals surface area contributed by atoms with Crippen LogP contribution in [0.2, 0.25) is 0 Å². The maximum absolute atomic E-state index is 12.1. The van der Waals surface area contributed by atoms with E-state index in [0.717, 1.165) is 18.4 Å². The summed E-state index contributed by atoms with van der Waals surface area (Å²) in [6.07, 6.45) is 2.62. The average molecular weight is 375 g/mol. The molecule has 0 aliphatic heterocycles. The molecular weight excluding hydrogens is 344 g/mol. The summed E-state index contributed by atoms with van der Waals surface area (Å²) in [7, 11) is 4.71. The summed E-state index contributed by atoms with van der Waals surface area (Å²) in [5.41, 5.74) is 6.82. The Morgan fingerprint density at radius 1 is 1.08 bits per heavy atom. The van der Waals surface area contributed by atoms with Crippen molar-refractivity contribution in [3.05, 3.63) is 17.7 Å². The van der Waals surface area contributed by atoms with Gasteiger partial charge in [-0.15, -0.1) is 12.4 Å². The number of aryl methyl sites for hydroxylation is 1. The van der Waals surface area contributed by atoms with Crippen LogP contribution in [0.1, 0.15) is 38.7 Å². The Bertz CT molecular complexity index is 523. The number of benzene rings is 1. The van der Waals surface area contributed by atoms with E-state index in [1.54, 1.807) is 21.3 Å². The minimum absolute atomic E-state index is 0. The molecule has 0 spiro atoms. The quantitative estimate of drug-likeness (QED) is 0.658. The zero-order valence-electron chi connectivity index (χ0n) is 15.8. The molecule has 0 saturated heterocycles. The number of amides is 1. The van der Waals surface area contributed by atoms with E-state index < -0.39 is 0 Å². The van der Waals surface area contributed by atoms with E-state index in [1.165, 1.54) is 0 Å². The molecule has 0 bridgehead atoms. The fraction of sp³-hybridized carbons (Fsp3) is 0.611. The number of carbonyl (C=O) groups is 1. The number of nitrogens with two attached hydrogens (primary N) is 1. The molecule has 1 amide bonds. The van der Waals surface area contributed by atoms with Gasteiger partial charge in [0.2, 0.25) is 11.7 Å². The van der Waals surface area contributed by atoms with Crippen molar-refractivity contribution in [2.75, 3.05) is 27.9 Å². The molecule has 144 valence electrons. The monoisotopic (exact) mass is 374 g/mol. The number of halogens is 1. The first-order valence-corrected chi connectivity index (χ1v) is 8.27. The van der Waals surface area contributed by atoms with E-state index in [4.69, 9.17) is 19.9 Å². The lowest BCUT2D eigenvalue weighted by Crippen LogP contribution is -2.49. The fourth-order valence-corrected chi connectivity index (χ4v) is 2.40. The summed E-state index contributed by atoms with van der Waals surface area (Å²) in [5.74, 6) is 1.71. The normalized spacial score (nSPS) is 10.6. The van der Waals surface area contributed by atoms with E-state index in [0.29, 0.717) is 36.6 Å². The van der Waals surface area contributed by atoms with Gasteiger partial charge in [-0.1, -0.05) is 13.8 Å². The van der Waals surface area contributed by atoms with Crippen molar-refractivity contribution >= 4 is 18.3 Å². The van der Waals surface area contributed by atoms with Crippen LogP contribution in [0.4, 0.5) is 0 Å². The molecule has 25 heavy (non-hydrogen) atoms. The molecule has 7 heteroatoms. The number of methoxy groups -OCH3 is 3.